The number of nitrogens with one attached hydrogen (secondary N) is 2. The van der Waals surface area contributed by atoms with Crippen molar-refractivity contribution < 1.29 is 9.53 Å². The molecule has 0 spiro atoms. The Kier molecular flexibility index (Phi) is 5.39. The number of fused-ring (bicyclic) bond motifs is 1. The standard InChI is InChI=1S/C23H22N6O2/c30-23(26-19-3-5-24-6-4-19)22-20-12-17(1-2-21(20)27-28-22)18-11-16(13-25-14-18)15-29-7-9-31-10-8-29/h1-6,11-14H,7-10,15H2,(H,27,28)(H,24,26,30). The van der Waals surface area contributed by atoms with Gasteiger partial charge in [-0.05, 0) is 41.5 Å². The summed E-state index contributed by atoms with van der Waals surface area (Å²) in [5, 5.41) is 10.8. The quantitative estimate of drug-likeness (QED) is 0.521. The molecule has 0 unspecified atom stereocenters. The molecular formula is C23H22N6O2. The molecule has 1 amide bonds. The lowest BCUT2D eigenvalue weighted by molar-refractivity contribution is 0.0341. The molecule has 0 aliphatic carbocycles. The first-order valence-corrected chi connectivity index (χ1v) is 10.2. The Morgan fingerprint density at radius 2 is 1.87 bits per heavy atom. The number of ether oxygens (including phenoxy) is 1. The first kappa shape index (κ1) is 19.3. The van der Waals surface area contributed by atoms with Crippen molar-refractivity contribution in [3.63, 3.8) is 0 Å². The number of carbonyl (C=O) groups excluding carboxylic acids is 1. The molecular weight excluding hydrogens is 392 g/mol. The van der Waals surface area contributed by atoms with E-state index in [1.54, 1.807) is 24.5 Å². The van der Waals surface area contributed by atoms with Crippen molar-refractivity contribution in [3.8, 4) is 11.1 Å². The van der Waals surface area contributed by atoms with Crippen LogP contribution >= 0.6 is 0 Å². The van der Waals surface area contributed by atoms with Crippen LogP contribution in [0.25, 0.3) is 22.0 Å². The first-order chi connectivity index (χ1) is 15.3. The Labute approximate surface area is 179 Å². The number of H-pyrrole nitrogens is 1. The monoisotopic (exact) mass is 414 g/mol. The summed E-state index contributed by atoms with van der Waals surface area (Å²) in [7, 11) is 0. The number of hydrogen-bond donors (Lipinski definition) is 2. The number of morpholine rings is 1. The molecule has 3 aromatic heterocycles. The highest BCUT2D eigenvalue weighted by atomic mass is 16.5. The minimum absolute atomic E-state index is 0.270. The van der Waals surface area contributed by atoms with Gasteiger partial charge in [0.15, 0.2) is 5.69 Å². The normalized spacial score (nSPS) is 14.6. The number of hydrogen-bond acceptors (Lipinski definition) is 6. The van der Waals surface area contributed by atoms with Gasteiger partial charge in [-0.25, -0.2) is 0 Å². The maximum atomic E-state index is 12.8. The fourth-order valence-electron chi connectivity index (χ4n) is 3.74. The van der Waals surface area contributed by atoms with E-state index in [0.717, 1.165) is 60.4 Å². The second-order valence-corrected chi connectivity index (χ2v) is 7.49. The van der Waals surface area contributed by atoms with Crippen molar-refractivity contribution in [1.82, 2.24) is 25.1 Å². The molecule has 31 heavy (non-hydrogen) atoms. The van der Waals surface area contributed by atoms with Gasteiger partial charge in [-0.1, -0.05) is 6.07 Å². The molecule has 8 nitrogen and oxygen atoms in total. The molecule has 0 saturated carbocycles. The highest BCUT2D eigenvalue weighted by Crippen LogP contribution is 2.26. The van der Waals surface area contributed by atoms with Crippen molar-refractivity contribution in [2.75, 3.05) is 31.6 Å². The lowest BCUT2D eigenvalue weighted by Crippen LogP contribution is -2.35. The molecule has 0 radical (unpaired) electrons. The van der Waals surface area contributed by atoms with Crippen molar-refractivity contribution in [2.24, 2.45) is 0 Å². The van der Waals surface area contributed by atoms with Crippen LogP contribution < -0.4 is 5.32 Å². The van der Waals surface area contributed by atoms with Crippen LogP contribution in [0.1, 0.15) is 16.1 Å². The van der Waals surface area contributed by atoms with Gasteiger partial charge in [0.25, 0.3) is 5.91 Å². The zero-order valence-corrected chi connectivity index (χ0v) is 16.9. The fourth-order valence-corrected chi connectivity index (χ4v) is 3.74. The van der Waals surface area contributed by atoms with E-state index < -0.39 is 0 Å². The summed E-state index contributed by atoms with van der Waals surface area (Å²) in [6.45, 7) is 4.25. The van der Waals surface area contributed by atoms with Crippen molar-refractivity contribution in [2.45, 2.75) is 6.54 Å². The van der Waals surface area contributed by atoms with Crippen LogP contribution in [0, 0.1) is 0 Å². The van der Waals surface area contributed by atoms with Crippen LogP contribution in [0.5, 0.6) is 0 Å². The predicted molar refractivity (Wildman–Crippen MR) is 118 cm³/mol. The van der Waals surface area contributed by atoms with Crippen molar-refractivity contribution in [3.05, 3.63) is 72.4 Å². The van der Waals surface area contributed by atoms with Crippen LogP contribution in [0.15, 0.2) is 61.2 Å². The smallest absolute Gasteiger partial charge is 0.276 e. The zero-order chi connectivity index (χ0) is 21.0. The van der Waals surface area contributed by atoms with Gasteiger partial charge in [-0.3, -0.25) is 24.8 Å². The topological polar surface area (TPSA) is 96.0 Å². The highest BCUT2D eigenvalue weighted by Gasteiger charge is 2.16. The predicted octanol–water partition coefficient (Wildman–Crippen LogP) is 3.10. The maximum absolute atomic E-state index is 12.8. The van der Waals surface area contributed by atoms with Gasteiger partial charge in [0.05, 0.1) is 18.7 Å². The second-order valence-electron chi connectivity index (χ2n) is 7.49. The summed E-state index contributed by atoms with van der Waals surface area (Å²) < 4.78 is 5.43. The molecule has 5 rings (SSSR count). The number of rotatable bonds is 5. The average molecular weight is 414 g/mol. The van der Waals surface area contributed by atoms with Gasteiger partial charge >= 0.3 is 0 Å². The molecule has 1 fully saturated rings. The second kappa shape index (κ2) is 8.63. The van der Waals surface area contributed by atoms with Crippen LogP contribution in [-0.2, 0) is 11.3 Å². The SMILES string of the molecule is O=C(Nc1ccncc1)c1n[nH]c2ccc(-c3cncc(CN4CCOCC4)c3)cc12. The summed E-state index contributed by atoms with van der Waals surface area (Å²) in [5.41, 5.74) is 4.99. The number of pyridine rings is 2. The molecule has 1 saturated heterocycles. The van der Waals surface area contributed by atoms with Gasteiger partial charge < -0.3 is 10.1 Å². The van der Waals surface area contributed by atoms with E-state index in [2.05, 4.69) is 36.4 Å². The Morgan fingerprint density at radius 3 is 2.71 bits per heavy atom. The van der Waals surface area contributed by atoms with E-state index in [0.29, 0.717) is 11.4 Å². The number of nitrogens with zero attached hydrogens (tertiary/aromatic N) is 4. The van der Waals surface area contributed by atoms with Crippen LogP contribution in [0.3, 0.4) is 0 Å². The third kappa shape index (κ3) is 4.30. The van der Waals surface area contributed by atoms with Gasteiger partial charge in [0.1, 0.15) is 0 Å². The number of amides is 1. The van der Waals surface area contributed by atoms with E-state index in [1.807, 2.05) is 30.6 Å². The third-order valence-electron chi connectivity index (χ3n) is 5.35. The molecule has 1 aliphatic rings. The van der Waals surface area contributed by atoms with Gasteiger partial charge in [0.2, 0.25) is 0 Å². The molecule has 1 aromatic carbocycles. The molecule has 4 aromatic rings. The summed E-state index contributed by atoms with van der Waals surface area (Å²) in [5.74, 6) is -0.270. The molecule has 2 N–H and O–H groups in total. The minimum atomic E-state index is -0.270. The van der Waals surface area contributed by atoms with Crippen LogP contribution in [0.4, 0.5) is 5.69 Å². The number of anilines is 1. The Balaban J connectivity index is 1.41. The van der Waals surface area contributed by atoms with Gasteiger partial charge in [-0.15, -0.1) is 0 Å². The number of aromatic amines is 1. The first-order valence-electron chi connectivity index (χ1n) is 10.2. The average Bonchev–Trinajstić information content (AvgIpc) is 3.24. The largest absolute Gasteiger partial charge is 0.379 e. The van der Waals surface area contributed by atoms with Crippen LogP contribution in [-0.4, -0.2) is 57.3 Å². The third-order valence-corrected chi connectivity index (χ3v) is 5.35. The van der Waals surface area contributed by atoms with E-state index >= 15 is 0 Å². The Bertz CT molecular complexity index is 1200. The van der Waals surface area contributed by atoms with Gasteiger partial charge in [-0.2, -0.15) is 5.10 Å². The minimum Gasteiger partial charge on any atom is -0.379 e. The summed E-state index contributed by atoms with van der Waals surface area (Å²) in [6, 6.07) is 11.6. The summed E-state index contributed by atoms with van der Waals surface area (Å²) >= 11 is 0. The Hall–Kier alpha value is -3.62. The highest BCUT2D eigenvalue weighted by molar-refractivity contribution is 6.11. The maximum Gasteiger partial charge on any atom is 0.276 e. The number of benzene rings is 1. The number of aromatic nitrogens is 4. The van der Waals surface area contributed by atoms with Gasteiger partial charge in [0, 0.05) is 61.1 Å². The molecule has 156 valence electrons. The zero-order valence-electron chi connectivity index (χ0n) is 16.9. The summed E-state index contributed by atoms with van der Waals surface area (Å²) in [4.78, 5) is 23.5. The Morgan fingerprint density at radius 1 is 1.03 bits per heavy atom. The summed E-state index contributed by atoms with van der Waals surface area (Å²) in [6.07, 6.45) is 7.02. The van der Waals surface area contributed by atoms with E-state index in [9.17, 15) is 4.79 Å². The molecule has 8 heteroatoms. The van der Waals surface area contributed by atoms with E-state index in [1.165, 1.54) is 0 Å². The lowest BCUT2D eigenvalue weighted by atomic mass is 10.0. The van der Waals surface area contributed by atoms with E-state index in [-0.39, 0.29) is 5.91 Å². The molecule has 1 aliphatic heterocycles. The fraction of sp³-hybridized carbons (Fsp3) is 0.217. The molecule has 0 bridgehead atoms. The molecule has 4 heterocycles. The van der Waals surface area contributed by atoms with Crippen molar-refractivity contribution >= 4 is 22.5 Å². The van der Waals surface area contributed by atoms with Crippen molar-refractivity contribution in [1.29, 1.82) is 0 Å². The van der Waals surface area contributed by atoms with Crippen LogP contribution in [0.2, 0.25) is 0 Å². The molecule has 0 atom stereocenters. The lowest BCUT2D eigenvalue weighted by Gasteiger charge is -2.26. The number of carbonyl (C=O) groups is 1. The van der Waals surface area contributed by atoms with E-state index in [4.69, 9.17) is 4.74 Å².